The largest absolute Gasteiger partial charge is 0.416 e. The number of hydrogen-bond acceptors (Lipinski definition) is 3. The quantitative estimate of drug-likeness (QED) is 0.787. The van der Waals surface area contributed by atoms with Crippen molar-refractivity contribution in [1.82, 2.24) is 0 Å². The Morgan fingerprint density at radius 1 is 1.37 bits per heavy atom. The second kappa shape index (κ2) is 5.18. The number of anilines is 1. The number of nitrogens with one attached hydrogen (secondary N) is 1. The average Bonchev–Trinajstić information content (AvgIpc) is 2.30. The molecule has 7 heteroatoms. The number of carbonyl (C=O) groups excluding carboxylic acids is 1. The van der Waals surface area contributed by atoms with E-state index in [0.717, 1.165) is 13.0 Å². The maximum Gasteiger partial charge on any atom is 0.416 e. The number of benzene rings is 1. The molecule has 3 N–H and O–H groups in total. The SMILES string of the molecule is Cc1ccc(NC(=O)C(C)(O)CO)cc1C(F)(F)F. The van der Waals surface area contributed by atoms with E-state index in [1.54, 1.807) is 0 Å². The van der Waals surface area contributed by atoms with Crippen molar-refractivity contribution in [3.63, 3.8) is 0 Å². The van der Waals surface area contributed by atoms with Crippen LogP contribution in [0.4, 0.5) is 18.9 Å². The van der Waals surface area contributed by atoms with Crippen LogP contribution in [0.3, 0.4) is 0 Å². The first-order valence-electron chi connectivity index (χ1n) is 5.40. The van der Waals surface area contributed by atoms with E-state index < -0.39 is 29.9 Å². The highest BCUT2D eigenvalue weighted by molar-refractivity contribution is 5.97. The number of aryl methyl sites for hydroxylation is 1. The van der Waals surface area contributed by atoms with E-state index in [4.69, 9.17) is 5.11 Å². The normalized spacial score (nSPS) is 14.9. The zero-order chi connectivity index (χ0) is 14.8. The van der Waals surface area contributed by atoms with Gasteiger partial charge in [0.2, 0.25) is 0 Å². The molecule has 1 amide bonds. The smallest absolute Gasteiger partial charge is 0.393 e. The molecule has 19 heavy (non-hydrogen) atoms. The van der Waals surface area contributed by atoms with Gasteiger partial charge in [-0.15, -0.1) is 0 Å². The molecule has 0 aromatic heterocycles. The predicted octanol–water partition coefficient (Wildman–Crippen LogP) is 1.70. The number of amides is 1. The summed E-state index contributed by atoms with van der Waals surface area (Å²) >= 11 is 0. The van der Waals surface area contributed by atoms with Crippen LogP contribution < -0.4 is 5.32 Å². The summed E-state index contributed by atoms with van der Waals surface area (Å²) in [5.41, 5.74) is -2.99. The van der Waals surface area contributed by atoms with Crippen LogP contribution in [0.25, 0.3) is 0 Å². The molecule has 0 saturated heterocycles. The van der Waals surface area contributed by atoms with Crippen molar-refractivity contribution in [3.8, 4) is 0 Å². The summed E-state index contributed by atoms with van der Waals surface area (Å²) < 4.78 is 38.0. The highest BCUT2D eigenvalue weighted by atomic mass is 19.4. The van der Waals surface area contributed by atoms with Crippen molar-refractivity contribution in [2.75, 3.05) is 11.9 Å². The topological polar surface area (TPSA) is 69.6 Å². The lowest BCUT2D eigenvalue weighted by Crippen LogP contribution is -2.43. The Morgan fingerprint density at radius 3 is 2.42 bits per heavy atom. The first kappa shape index (κ1) is 15.5. The van der Waals surface area contributed by atoms with Gasteiger partial charge in [-0.1, -0.05) is 6.07 Å². The molecule has 0 spiro atoms. The summed E-state index contributed by atoms with van der Waals surface area (Å²) in [7, 11) is 0. The minimum Gasteiger partial charge on any atom is -0.393 e. The van der Waals surface area contributed by atoms with Crippen molar-refractivity contribution in [1.29, 1.82) is 0 Å². The molecular formula is C12H14F3NO3. The fraction of sp³-hybridized carbons (Fsp3) is 0.417. The molecule has 0 saturated carbocycles. The highest BCUT2D eigenvalue weighted by Gasteiger charge is 2.33. The van der Waals surface area contributed by atoms with Crippen molar-refractivity contribution < 1.29 is 28.2 Å². The second-order valence-electron chi connectivity index (χ2n) is 4.41. The Labute approximate surface area is 107 Å². The number of aliphatic hydroxyl groups excluding tert-OH is 1. The summed E-state index contributed by atoms with van der Waals surface area (Å²) in [5.74, 6) is -0.980. The molecule has 0 aliphatic carbocycles. The monoisotopic (exact) mass is 277 g/mol. The third-order valence-corrected chi connectivity index (χ3v) is 2.60. The molecule has 4 nitrogen and oxygen atoms in total. The Bertz CT molecular complexity index is 484. The fourth-order valence-corrected chi connectivity index (χ4v) is 1.34. The van der Waals surface area contributed by atoms with Crippen LogP contribution in [0.2, 0.25) is 0 Å². The number of hydrogen-bond donors (Lipinski definition) is 3. The summed E-state index contributed by atoms with van der Waals surface area (Å²) in [6.07, 6.45) is -4.52. The third kappa shape index (κ3) is 3.68. The van der Waals surface area contributed by atoms with Gasteiger partial charge >= 0.3 is 6.18 Å². The molecule has 0 aliphatic heterocycles. The van der Waals surface area contributed by atoms with Crippen molar-refractivity contribution >= 4 is 11.6 Å². The number of aliphatic hydroxyl groups is 2. The molecule has 0 radical (unpaired) electrons. The molecule has 106 valence electrons. The minimum absolute atomic E-state index is 0.0272. The lowest BCUT2D eigenvalue weighted by Gasteiger charge is -2.20. The van der Waals surface area contributed by atoms with E-state index in [1.165, 1.54) is 19.1 Å². The van der Waals surface area contributed by atoms with Crippen molar-refractivity contribution in [2.24, 2.45) is 0 Å². The van der Waals surface area contributed by atoms with Crippen LogP contribution in [0, 0.1) is 6.92 Å². The van der Waals surface area contributed by atoms with E-state index in [9.17, 15) is 23.1 Å². The molecule has 1 aromatic rings. The maximum absolute atomic E-state index is 12.7. The van der Waals surface area contributed by atoms with Crippen LogP contribution in [-0.2, 0) is 11.0 Å². The van der Waals surface area contributed by atoms with Crippen molar-refractivity contribution in [3.05, 3.63) is 29.3 Å². The summed E-state index contributed by atoms with van der Waals surface area (Å²) in [5, 5.41) is 20.4. The lowest BCUT2D eigenvalue weighted by molar-refractivity contribution is -0.138. The lowest BCUT2D eigenvalue weighted by atomic mass is 10.1. The van der Waals surface area contributed by atoms with Crippen LogP contribution >= 0.6 is 0 Å². The molecule has 1 atom stereocenters. The second-order valence-corrected chi connectivity index (χ2v) is 4.41. The highest BCUT2D eigenvalue weighted by Crippen LogP contribution is 2.33. The Kier molecular flexibility index (Phi) is 4.21. The number of carbonyl (C=O) groups is 1. The number of alkyl halides is 3. The van der Waals surface area contributed by atoms with E-state index in [-0.39, 0.29) is 11.3 Å². The minimum atomic E-state index is -4.52. The standard InChI is InChI=1S/C12H14F3NO3/c1-7-3-4-8(5-9(7)12(13,14)15)16-10(18)11(2,19)6-17/h3-5,17,19H,6H2,1-2H3,(H,16,18). The number of rotatable bonds is 3. The zero-order valence-corrected chi connectivity index (χ0v) is 10.4. The Balaban J connectivity index is 3.02. The summed E-state index contributed by atoms with van der Waals surface area (Å²) in [6, 6.07) is 3.28. The van der Waals surface area contributed by atoms with Crippen LogP contribution in [0.15, 0.2) is 18.2 Å². The molecule has 1 aromatic carbocycles. The Hall–Kier alpha value is -1.60. The van der Waals surface area contributed by atoms with E-state index in [2.05, 4.69) is 5.32 Å². The van der Waals surface area contributed by atoms with Crippen LogP contribution in [-0.4, -0.2) is 28.3 Å². The van der Waals surface area contributed by atoms with Gasteiger partial charge in [-0.3, -0.25) is 4.79 Å². The van der Waals surface area contributed by atoms with E-state index >= 15 is 0 Å². The molecule has 0 aliphatic rings. The van der Waals surface area contributed by atoms with Gasteiger partial charge in [0.15, 0.2) is 5.60 Å². The average molecular weight is 277 g/mol. The molecule has 0 bridgehead atoms. The summed E-state index contributed by atoms with van der Waals surface area (Å²) in [4.78, 5) is 11.5. The number of halogens is 3. The first-order chi connectivity index (χ1) is 8.58. The van der Waals surface area contributed by atoms with Gasteiger partial charge < -0.3 is 15.5 Å². The maximum atomic E-state index is 12.7. The van der Waals surface area contributed by atoms with Gasteiger partial charge in [-0.05, 0) is 31.5 Å². The van der Waals surface area contributed by atoms with Crippen LogP contribution in [0.1, 0.15) is 18.1 Å². The van der Waals surface area contributed by atoms with Gasteiger partial charge in [0.1, 0.15) is 0 Å². The first-order valence-corrected chi connectivity index (χ1v) is 5.40. The predicted molar refractivity (Wildman–Crippen MR) is 62.5 cm³/mol. The molecule has 0 fully saturated rings. The molecule has 1 unspecified atom stereocenters. The van der Waals surface area contributed by atoms with E-state index in [0.29, 0.717) is 0 Å². The van der Waals surface area contributed by atoms with E-state index in [1.807, 2.05) is 0 Å². The molecular weight excluding hydrogens is 263 g/mol. The Morgan fingerprint density at radius 2 is 1.95 bits per heavy atom. The summed E-state index contributed by atoms with van der Waals surface area (Å²) in [6.45, 7) is 1.52. The molecule has 1 rings (SSSR count). The van der Waals surface area contributed by atoms with Gasteiger partial charge in [-0.2, -0.15) is 13.2 Å². The molecule has 0 heterocycles. The van der Waals surface area contributed by atoms with Gasteiger partial charge in [0, 0.05) is 5.69 Å². The van der Waals surface area contributed by atoms with Crippen molar-refractivity contribution in [2.45, 2.75) is 25.6 Å². The van der Waals surface area contributed by atoms with Gasteiger partial charge in [0.05, 0.1) is 12.2 Å². The van der Waals surface area contributed by atoms with Gasteiger partial charge in [-0.25, -0.2) is 0 Å². The zero-order valence-electron chi connectivity index (χ0n) is 10.4. The van der Waals surface area contributed by atoms with Gasteiger partial charge in [0.25, 0.3) is 5.91 Å². The van der Waals surface area contributed by atoms with Crippen LogP contribution in [0.5, 0.6) is 0 Å². The third-order valence-electron chi connectivity index (χ3n) is 2.60. The fourth-order valence-electron chi connectivity index (χ4n) is 1.34.